The average molecular weight is 358 g/mol. The van der Waals surface area contributed by atoms with Gasteiger partial charge in [-0.15, -0.1) is 4.74 Å². The Morgan fingerprint density at radius 1 is 1.16 bits per heavy atom. The van der Waals surface area contributed by atoms with Crippen molar-refractivity contribution in [3.63, 3.8) is 0 Å². The number of fused-ring (bicyclic) bond motifs is 1. The van der Waals surface area contributed by atoms with E-state index in [2.05, 4.69) is 4.98 Å². The molecule has 0 saturated carbocycles. The number of halogens is 1. The molecule has 4 rings (SSSR count). The van der Waals surface area contributed by atoms with Gasteiger partial charge < -0.3 is 9.42 Å². The van der Waals surface area contributed by atoms with Gasteiger partial charge in [0.2, 0.25) is 0 Å². The van der Waals surface area contributed by atoms with E-state index in [-0.39, 0.29) is 17.2 Å². The zero-order valence-corrected chi connectivity index (χ0v) is 14.2. The number of aromatic nitrogens is 2. The van der Waals surface area contributed by atoms with Gasteiger partial charge in [0.25, 0.3) is 17.2 Å². The molecule has 0 radical (unpaired) electrons. The van der Waals surface area contributed by atoms with Crippen LogP contribution in [-0.4, -0.2) is 33.6 Å². The summed E-state index contributed by atoms with van der Waals surface area (Å²) in [7, 11) is 0. The van der Waals surface area contributed by atoms with Crippen molar-refractivity contribution in [1.82, 2.24) is 14.6 Å². The number of pyridine rings is 1. The van der Waals surface area contributed by atoms with E-state index in [4.69, 9.17) is 16.1 Å². The van der Waals surface area contributed by atoms with Gasteiger partial charge in [-0.25, -0.2) is 4.98 Å². The van der Waals surface area contributed by atoms with E-state index < -0.39 is 0 Å². The Kier molecular flexibility index (Phi) is 4.05. The summed E-state index contributed by atoms with van der Waals surface area (Å²) in [6.45, 7) is 1.46. The predicted molar refractivity (Wildman–Crippen MR) is 94.4 cm³/mol. The van der Waals surface area contributed by atoms with Gasteiger partial charge in [0.05, 0.1) is 16.3 Å². The largest absolute Gasteiger partial charge is 0.350 e. The topological polar surface area (TPSA) is 68.3 Å². The van der Waals surface area contributed by atoms with Crippen molar-refractivity contribution in [3.05, 3.63) is 57.5 Å². The first-order valence-corrected chi connectivity index (χ1v) is 8.59. The summed E-state index contributed by atoms with van der Waals surface area (Å²) in [5, 5.41) is 0.753. The summed E-state index contributed by atoms with van der Waals surface area (Å²) >= 11 is 6.24. The molecule has 0 atom stereocenters. The van der Waals surface area contributed by atoms with Crippen molar-refractivity contribution >= 4 is 28.6 Å². The van der Waals surface area contributed by atoms with E-state index in [1.54, 1.807) is 41.4 Å². The highest BCUT2D eigenvalue weighted by molar-refractivity contribution is 6.33. The Morgan fingerprint density at radius 3 is 2.72 bits per heavy atom. The van der Waals surface area contributed by atoms with Crippen LogP contribution in [0.4, 0.5) is 0 Å². The molecular formula is C18H16ClN3O3. The van der Waals surface area contributed by atoms with E-state index in [1.165, 1.54) is 0 Å². The minimum absolute atomic E-state index is 0.117. The van der Waals surface area contributed by atoms with Crippen molar-refractivity contribution < 1.29 is 9.32 Å². The van der Waals surface area contributed by atoms with Gasteiger partial charge in [-0.1, -0.05) is 11.6 Å². The summed E-state index contributed by atoms with van der Waals surface area (Å²) in [5.41, 5.74) is 0.766. The number of carbonyl (C=O) groups is 1. The lowest BCUT2D eigenvalue weighted by molar-refractivity contribution is 0.0724. The number of amides is 1. The first-order valence-electron chi connectivity index (χ1n) is 8.21. The summed E-state index contributed by atoms with van der Waals surface area (Å²) in [5.74, 6) is -0.117. The number of hydrogen-bond acceptors (Lipinski definition) is 4. The zero-order chi connectivity index (χ0) is 17.4. The Balaban J connectivity index is 1.77. The highest BCUT2D eigenvalue weighted by Gasteiger charge is 2.22. The molecule has 0 bridgehead atoms. The van der Waals surface area contributed by atoms with Gasteiger partial charge in [0.15, 0.2) is 0 Å². The number of nitrogens with zero attached hydrogens (tertiary/aromatic N) is 3. The minimum atomic E-state index is -0.318. The second-order valence-electron chi connectivity index (χ2n) is 6.06. The maximum Gasteiger partial charge on any atom is 0.296 e. The number of likely N-dealkylation sites (tertiary alicyclic amines) is 1. The summed E-state index contributed by atoms with van der Waals surface area (Å²) in [6, 6.07) is 8.19. The molecule has 2 aromatic heterocycles. The summed E-state index contributed by atoms with van der Waals surface area (Å²) in [6.07, 6.45) is 4.69. The summed E-state index contributed by atoms with van der Waals surface area (Å²) in [4.78, 5) is 31.1. The smallest absolute Gasteiger partial charge is 0.296 e. The lowest BCUT2D eigenvalue weighted by atomic mass is 10.1. The second-order valence-corrected chi connectivity index (χ2v) is 6.47. The molecule has 0 N–H and O–H groups in total. The number of rotatable bonds is 2. The summed E-state index contributed by atoms with van der Waals surface area (Å²) < 4.78 is 6.67. The van der Waals surface area contributed by atoms with Crippen molar-refractivity contribution in [1.29, 1.82) is 0 Å². The van der Waals surface area contributed by atoms with Crippen molar-refractivity contribution in [2.75, 3.05) is 13.1 Å². The molecule has 128 valence electrons. The molecule has 1 fully saturated rings. The molecule has 6 nitrogen and oxygen atoms in total. The number of hydrogen-bond donors (Lipinski definition) is 0. The van der Waals surface area contributed by atoms with Gasteiger partial charge in [-0.3, -0.25) is 9.59 Å². The molecule has 3 heterocycles. The third-order valence-electron chi connectivity index (χ3n) is 4.42. The van der Waals surface area contributed by atoms with E-state index in [0.29, 0.717) is 21.7 Å². The maximum atomic E-state index is 12.8. The first-order chi connectivity index (χ1) is 12.1. The molecular weight excluding hydrogens is 342 g/mol. The highest BCUT2D eigenvalue weighted by Crippen LogP contribution is 2.23. The van der Waals surface area contributed by atoms with Crippen LogP contribution in [0.15, 0.2) is 45.8 Å². The zero-order valence-electron chi connectivity index (χ0n) is 13.4. The highest BCUT2D eigenvalue weighted by atomic mass is 35.5. The average Bonchev–Trinajstić information content (AvgIpc) is 2.99. The quantitative estimate of drug-likeness (QED) is 0.706. The molecule has 1 aliphatic rings. The van der Waals surface area contributed by atoms with E-state index in [9.17, 15) is 9.59 Å². The lowest BCUT2D eigenvalue weighted by Crippen LogP contribution is -2.35. The SMILES string of the molecule is O=C(c1cc(-n2oc3ncccc3c2=O)ccc1Cl)N1CCCCC1. The van der Waals surface area contributed by atoms with Gasteiger partial charge >= 0.3 is 0 Å². The van der Waals surface area contributed by atoms with Gasteiger partial charge in [-0.2, -0.15) is 0 Å². The molecule has 1 saturated heterocycles. The predicted octanol–water partition coefficient (Wildman–Crippen LogP) is 3.26. The van der Waals surface area contributed by atoms with Crippen LogP contribution in [-0.2, 0) is 0 Å². The Morgan fingerprint density at radius 2 is 1.96 bits per heavy atom. The second kappa shape index (κ2) is 6.37. The van der Waals surface area contributed by atoms with Crippen LogP contribution in [0.3, 0.4) is 0 Å². The van der Waals surface area contributed by atoms with Crippen LogP contribution in [0.5, 0.6) is 0 Å². The molecule has 0 unspecified atom stereocenters. The molecule has 1 aliphatic heterocycles. The van der Waals surface area contributed by atoms with Crippen molar-refractivity contribution in [3.8, 4) is 5.69 Å². The maximum absolute atomic E-state index is 12.8. The van der Waals surface area contributed by atoms with Crippen LogP contribution in [0, 0.1) is 0 Å². The fourth-order valence-electron chi connectivity index (χ4n) is 3.10. The van der Waals surface area contributed by atoms with Crippen LogP contribution in [0.2, 0.25) is 5.02 Å². The monoisotopic (exact) mass is 357 g/mol. The van der Waals surface area contributed by atoms with Crippen LogP contribution < -0.4 is 5.56 Å². The molecule has 25 heavy (non-hydrogen) atoms. The molecule has 1 aromatic carbocycles. The number of benzene rings is 1. The third kappa shape index (κ3) is 2.82. The van der Waals surface area contributed by atoms with Crippen LogP contribution in [0.1, 0.15) is 29.6 Å². The van der Waals surface area contributed by atoms with Crippen molar-refractivity contribution in [2.24, 2.45) is 0 Å². The first kappa shape index (κ1) is 15.9. The lowest BCUT2D eigenvalue weighted by Gasteiger charge is -2.27. The minimum Gasteiger partial charge on any atom is -0.350 e. The van der Waals surface area contributed by atoms with E-state index in [0.717, 1.165) is 37.1 Å². The van der Waals surface area contributed by atoms with E-state index >= 15 is 0 Å². The molecule has 0 aliphatic carbocycles. The van der Waals surface area contributed by atoms with Gasteiger partial charge in [0, 0.05) is 19.3 Å². The molecule has 0 spiro atoms. The molecule has 3 aromatic rings. The Labute approximate surface area is 148 Å². The molecule has 1 amide bonds. The molecule has 7 heteroatoms. The number of carbonyl (C=O) groups excluding carboxylic acids is 1. The van der Waals surface area contributed by atoms with Gasteiger partial charge in [0.1, 0.15) is 5.39 Å². The van der Waals surface area contributed by atoms with E-state index in [1.807, 2.05) is 0 Å². The van der Waals surface area contributed by atoms with Gasteiger partial charge in [-0.05, 0) is 49.6 Å². The Hall–Kier alpha value is -2.60. The number of piperidine rings is 1. The third-order valence-corrected chi connectivity index (χ3v) is 4.75. The standard InChI is InChI=1S/C18H16ClN3O3/c19-15-7-6-12(11-14(15)17(23)21-9-2-1-3-10-21)22-18(24)13-5-4-8-20-16(13)25-22/h4-8,11H,1-3,9-10H2. The Bertz CT molecular complexity index is 1000. The van der Waals surface area contributed by atoms with Crippen molar-refractivity contribution in [2.45, 2.75) is 19.3 Å². The normalized spacial score (nSPS) is 14.8. The van der Waals surface area contributed by atoms with Crippen LogP contribution >= 0.6 is 11.6 Å². The van der Waals surface area contributed by atoms with Crippen LogP contribution in [0.25, 0.3) is 16.8 Å². The fourth-order valence-corrected chi connectivity index (χ4v) is 3.30. The fraction of sp³-hybridized carbons (Fsp3) is 0.278.